The minimum absolute atomic E-state index is 0.764. The van der Waals surface area contributed by atoms with Crippen molar-refractivity contribution in [1.82, 2.24) is 19.6 Å². The number of ether oxygens (including phenoxy) is 1. The van der Waals surface area contributed by atoms with E-state index in [0.29, 0.717) is 0 Å². The smallest absolute Gasteiger partial charge is 0.0534 e. The van der Waals surface area contributed by atoms with Gasteiger partial charge >= 0.3 is 0 Å². The van der Waals surface area contributed by atoms with Crippen molar-refractivity contribution in [3.05, 3.63) is 18.0 Å². The third-order valence-electron chi connectivity index (χ3n) is 5.78. The lowest BCUT2D eigenvalue weighted by molar-refractivity contribution is 0.0504. The molecule has 2 atom stereocenters. The van der Waals surface area contributed by atoms with E-state index < -0.39 is 0 Å². The van der Waals surface area contributed by atoms with Gasteiger partial charge in [-0.2, -0.15) is 5.10 Å². The van der Waals surface area contributed by atoms with Crippen LogP contribution in [0.25, 0.3) is 0 Å². The Hall–Kier alpha value is -0.910. The van der Waals surface area contributed by atoms with E-state index in [1.54, 1.807) is 0 Å². The molecule has 22 heavy (non-hydrogen) atoms. The summed E-state index contributed by atoms with van der Waals surface area (Å²) in [5, 5.41) is 4.30. The molecule has 0 radical (unpaired) electrons. The fraction of sp³-hybridized carbons (Fsp3) is 0.824. The van der Waals surface area contributed by atoms with Gasteiger partial charge in [0.05, 0.1) is 6.20 Å². The maximum atomic E-state index is 5.50. The first-order chi connectivity index (χ1) is 10.8. The molecule has 3 fully saturated rings. The zero-order chi connectivity index (χ0) is 14.9. The van der Waals surface area contributed by atoms with Crippen molar-refractivity contribution in [3.63, 3.8) is 0 Å². The topological polar surface area (TPSA) is 33.5 Å². The molecule has 0 spiro atoms. The molecule has 0 saturated carbocycles. The third-order valence-corrected chi connectivity index (χ3v) is 5.78. The number of hydrogen-bond acceptors (Lipinski definition) is 4. The van der Waals surface area contributed by atoms with Gasteiger partial charge in [0.2, 0.25) is 0 Å². The molecule has 4 rings (SSSR count). The van der Waals surface area contributed by atoms with Crippen LogP contribution in [0.1, 0.15) is 31.2 Å². The highest BCUT2D eigenvalue weighted by molar-refractivity contribution is 5.07. The fourth-order valence-corrected chi connectivity index (χ4v) is 4.64. The van der Waals surface area contributed by atoms with Crippen molar-refractivity contribution in [2.45, 2.75) is 44.3 Å². The molecular formula is C17H28N4O. The number of likely N-dealkylation sites (tertiary alicyclic amines) is 2. The van der Waals surface area contributed by atoms with E-state index in [1.165, 1.54) is 50.9 Å². The van der Waals surface area contributed by atoms with Gasteiger partial charge in [-0.25, -0.2) is 0 Å². The molecule has 4 heterocycles. The lowest BCUT2D eigenvalue weighted by Gasteiger charge is -2.30. The zero-order valence-electron chi connectivity index (χ0n) is 13.7. The van der Waals surface area contributed by atoms with Crippen LogP contribution >= 0.6 is 0 Å². The highest BCUT2D eigenvalue weighted by Crippen LogP contribution is 2.33. The standard InChI is InChI=1S/C17H28N4O/c1-19-11-15(10-18-19)13-21-7-3-16-17(21)2-6-20(16)12-14-4-8-22-9-5-14/h10-11,14,16-17H,2-9,12-13H2,1H3/t16-,17+/m0/s1. The largest absolute Gasteiger partial charge is 0.381 e. The molecule has 1 aromatic heterocycles. The number of nitrogens with zero attached hydrogens (tertiary/aromatic N) is 4. The normalized spacial score (nSPS) is 31.0. The number of aromatic nitrogens is 2. The molecular weight excluding hydrogens is 276 g/mol. The van der Waals surface area contributed by atoms with Gasteiger partial charge in [-0.05, 0) is 31.6 Å². The van der Waals surface area contributed by atoms with Crippen LogP contribution in [0.5, 0.6) is 0 Å². The van der Waals surface area contributed by atoms with Gasteiger partial charge in [-0.1, -0.05) is 0 Å². The van der Waals surface area contributed by atoms with Crippen LogP contribution in [-0.2, 0) is 18.3 Å². The lowest BCUT2D eigenvalue weighted by Crippen LogP contribution is -2.39. The van der Waals surface area contributed by atoms with E-state index >= 15 is 0 Å². The molecule has 5 nitrogen and oxygen atoms in total. The van der Waals surface area contributed by atoms with Gasteiger partial charge in [-0.15, -0.1) is 0 Å². The van der Waals surface area contributed by atoms with E-state index in [4.69, 9.17) is 4.74 Å². The number of rotatable bonds is 4. The predicted octanol–water partition coefficient (Wildman–Crippen LogP) is 1.50. The summed E-state index contributed by atoms with van der Waals surface area (Å²) in [4.78, 5) is 5.47. The first-order valence-electron chi connectivity index (χ1n) is 8.83. The van der Waals surface area contributed by atoms with E-state index in [9.17, 15) is 0 Å². The van der Waals surface area contributed by atoms with Crippen molar-refractivity contribution in [1.29, 1.82) is 0 Å². The summed E-state index contributed by atoms with van der Waals surface area (Å²) in [7, 11) is 2.00. The van der Waals surface area contributed by atoms with Crippen LogP contribution in [0.3, 0.4) is 0 Å². The van der Waals surface area contributed by atoms with E-state index in [-0.39, 0.29) is 0 Å². The molecule has 3 aliphatic heterocycles. The Morgan fingerprint density at radius 2 is 1.82 bits per heavy atom. The first kappa shape index (κ1) is 14.7. The summed E-state index contributed by atoms with van der Waals surface area (Å²) in [5.74, 6) is 0.861. The molecule has 0 N–H and O–H groups in total. The van der Waals surface area contributed by atoms with E-state index in [2.05, 4.69) is 21.1 Å². The Kier molecular flexibility index (Phi) is 4.20. The monoisotopic (exact) mass is 304 g/mol. The summed E-state index contributed by atoms with van der Waals surface area (Å²) >= 11 is 0. The zero-order valence-corrected chi connectivity index (χ0v) is 13.7. The molecule has 0 bridgehead atoms. The average Bonchev–Trinajstić information content (AvgIpc) is 3.21. The highest BCUT2D eigenvalue weighted by atomic mass is 16.5. The predicted molar refractivity (Wildman–Crippen MR) is 85.5 cm³/mol. The number of fused-ring (bicyclic) bond motifs is 1. The van der Waals surface area contributed by atoms with Crippen LogP contribution < -0.4 is 0 Å². The highest BCUT2D eigenvalue weighted by Gasteiger charge is 2.42. The summed E-state index contributed by atoms with van der Waals surface area (Å²) in [5.41, 5.74) is 1.35. The number of aryl methyl sites for hydroxylation is 1. The summed E-state index contributed by atoms with van der Waals surface area (Å²) in [6, 6.07) is 1.56. The van der Waals surface area contributed by atoms with Gasteiger partial charge in [0.1, 0.15) is 0 Å². The second kappa shape index (κ2) is 6.30. The van der Waals surface area contributed by atoms with Crippen molar-refractivity contribution in [3.8, 4) is 0 Å². The van der Waals surface area contributed by atoms with Crippen LogP contribution in [0, 0.1) is 5.92 Å². The second-order valence-electron chi connectivity index (χ2n) is 7.26. The molecule has 0 amide bonds. The summed E-state index contributed by atoms with van der Waals surface area (Å²) in [6.45, 7) is 6.84. The quantitative estimate of drug-likeness (QED) is 0.844. The Morgan fingerprint density at radius 1 is 1.09 bits per heavy atom. The molecule has 0 unspecified atom stereocenters. The maximum Gasteiger partial charge on any atom is 0.0534 e. The van der Waals surface area contributed by atoms with Crippen molar-refractivity contribution < 1.29 is 4.74 Å². The second-order valence-corrected chi connectivity index (χ2v) is 7.26. The van der Waals surface area contributed by atoms with Gasteiger partial charge < -0.3 is 4.74 Å². The Balaban J connectivity index is 1.34. The van der Waals surface area contributed by atoms with Crippen molar-refractivity contribution >= 4 is 0 Å². The Bertz CT molecular complexity index is 497. The van der Waals surface area contributed by atoms with Crippen molar-refractivity contribution in [2.24, 2.45) is 13.0 Å². The van der Waals surface area contributed by atoms with Gasteiger partial charge in [0.15, 0.2) is 0 Å². The van der Waals surface area contributed by atoms with Gasteiger partial charge in [0, 0.05) is 70.3 Å². The average molecular weight is 304 g/mol. The molecule has 122 valence electrons. The van der Waals surface area contributed by atoms with Crippen molar-refractivity contribution in [2.75, 3.05) is 32.8 Å². The molecule has 3 aliphatic rings. The van der Waals surface area contributed by atoms with Crippen LogP contribution in [-0.4, -0.2) is 64.5 Å². The van der Waals surface area contributed by atoms with E-state index in [0.717, 1.165) is 37.8 Å². The van der Waals surface area contributed by atoms with Crippen LogP contribution in [0.15, 0.2) is 12.4 Å². The molecule has 0 aliphatic carbocycles. The minimum atomic E-state index is 0.764. The first-order valence-corrected chi connectivity index (χ1v) is 8.83. The molecule has 0 aromatic carbocycles. The van der Waals surface area contributed by atoms with E-state index in [1.807, 2.05) is 17.9 Å². The van der Waals surface area contributed by atoms with Gasteiger partial charge in [0.25, 0.3) is 0 Å². The molecule has 3 saturated heterocycles. The number of hydrogen-bond donors (Lipinski definition) is 0. The summed E-state index contributed by atoms with van der Waals surface area (Å²) < 4.78 is 7.41. The molecule has 1 aromatic rings. The third kappa shape index (κ3) is 2.94. The molecule has 5 heteroatoms. The Labute approximate surface area is 133 Å². The van der Waals surface area contributed by atoms with Crippen LogP contribution in [0.2, 0.25) is 0 Å². The summed E-state index contributed by atoms with van der Waals surface area (Å²) in [6.07, 6.45) is 9.37. The van der Waals surface area contributed by atoms with Gasteiger partial charge in [-0.3, -0.25) is 14.5 Å². The lowest BCUT2D eigenvalue weighted by atomic mass is 9.99. The fourth-order valence-electron chi connectivity index (χ4n) is 4.64. The van der Waals surface area contributed by atoms with Crippen LogP contribution in [0.4, 0.5) is 0 Å². The minimum Gasteiger partial charge on any atom is -0.381 e. The SMILES string of the molecule is Cn1cc(CN2CC[C@H]3[C@H]2CCN3CC2CCOCC2)cn1. The maximum absolute atomic E-state index is 5.50. The Morgan fingerprint density at radius 3 is 2.55 bits per heavy atom.